The Bertz CT molecular complexity index is 645. The van der Waals surface area contributed by atoms with Crippen LogP contribution in [-0.2, 0) is 12.8 Å². The highest BCUT2D eigenvalue weighted by molar-refractivity contribution is 5.79. The molecule has 0 bridgehead atoms. The van der Waals surface area contributed by atoms with Gasteiger partial charge in [0, 0.05) is 22.7 Å². The normalized spacial score (nSPS) is 14.4. The van der Waals surface area contributed by atoms with Crippen molar-refractivity contribution in [2.75, 3.05) is 0 Å². The zero-order chi connectivity index (χ0) is 11.3. The van der Waals surface area contributed by atoms with Gasteiger partial charge in [0.1, 0.15) is 0 Å². The third-order valence-corrected chi connectivity index (χ3v) is 3.08. The second kappa shape index (κ2) is 3.14. The molecule has 1 aliphatic rings. The minimum atomic E-state index is -0.976. The molecular formula is C12H9F2NO. The molecule has 0 saturated heterocycles. The first-order chi connectivity index (χ1) is 7.66. The molecule has 1 aromatic heterocycles. The molecule has 1 heterocycles. The van der Waals surface area contributed by atoms with Crippen molar-refractivity contribution in [1.82, 2.24) is 4.98 Å². The van der Waals surface area contributed by atoms with Gasteiger partial charge in [0.2, 0.25) is 0 Å². The van der Waals surface area contributed by atoms with Crippen LogP contribution in [0.3, 0.4) is 0 Å². The summed E-state index contributed by atoms with van der Waals surface area (Å²) in [6.07, 6.45) is 2.45. The van der Waals surface area contributed by atoms with Crippen molar-refractivity contribution in [1.29, 1.82) is 0 Å². The molecular weight excluding hydrogens is 212 g/mol. The summed E-state index contributed by atoms with van der Waals surface area (Å²) in [7, 11) is 0. The van der Waals surface area contributed by atoms with Crippen LogP contribution in [0, 0.1) is 11.6 Å². The van der Waals surface area contributed by atoms with Gasteiger partial charge in [0.05, 0.1) is 5.52 Å². The third-order valence-electron chi connectivity index (χ3n) is 3.08. The van der Waals surface area contributed by atoms with Crippen LogP contribution in [0.4, 0.5) is 8.78 Å². The Balaban J connectivity index is 2.46. The minimum Gasteiger partial charge on any atom is -0.358 e. The number of hydrogen-bond donors (Lipinski definition) is 1. The Labute approximate surface area is 89.9 Å². The molecule has 2 nitrogen and oxygen atoms in total. The van der Waals surface area contributed by atoms with Crippen LogP contribution in [0.1, 0.15) is 17.7 Å². The molecule has 16 heavy (non-hydrogen) atoms. The molecule has 0 saturated carbocycles. The first kappa shape index (κ1) is 9.51. The maximum Gasteiger partial charge on any atom is 0.192 e. The van der Waals surface area contributed by atoms with E-state index in [0.717, 1.165) is 42.7 Å². The van der Waals surface area contributed by atoms with Crippen LogP contribution in [0.2, 0.25) is 0 Å². The molecule has 0 unspecified atom stereocenters. The van der Waals surface area contributed by atoms with Crippen molar-refractivity contribution in [2.24, 2.45) is 0 Å². The summed E-state index contributed by atoms with van der Waals surface area (Å²) >= 11 is 0. The number of fused-ring (bicyclic) bond motifs is 2. The summed E-state index contributed by atoms with van der Waals surface area (Å²) < 4.78 is 26.1. The number of H-pyrrole nitrogens is 1. The van der Waals surface area contributed by atoms with Crippen LogP contribution in [0.25, 0.3) is 10.9 Å². The van der Waals surface area contributed by atoms with Crippen molar-refractivity contribution >= 4 is 10.9 Å². The Morgan fingerprint density at radius 3 is 2.69 bits per heavy atom. The van der Waals surface area contributed by atoms with E-state index in [2.05, 4.69) is 4.98 Å². The Kier molecular flexibility index (Phi) is 1.87. The largest absolute Gasteiger partial charge is 0.358 e. The minimum absolute atomic E-state index is 0.167. The molecule has 1 N–H and O–H groups in total. The van der Waals surface area contributed by atoms with E-state index in [-0.39, 0.29) is 10.8 Å². The lowest BCUT2D eigenvalue weighted by atomic mass is 10.1. The second-order valence-corrected chi connectivity index (χ2v) is 4.08. The SMILES string of the molecule is O=c1c2c([nH]c3cc(F)c(F)cc13)CCC2. The van der Waals surface area contributed by atoms with E-state index in [1.54, 1.807) is 0 Å². The lowest BCUT2D eigenvalue weighted by Crippen LogP contribution is -2.11. The second-order valence-electron chi connectivity index (χ2n) is 4.08. The van der Waals surface area contributed by atoms with Gasteiger partial charge in [0.25, 0.3) is 0 Å². The Morgan fingerprint density at radius 1 is 1.12 bits per heavy atom. The summed E-state index contributed by atoms with van der Waals surface area (Å²) in [5.74, 6) is -1.91. The zero-order valence-corrected chi connectivity index (χ0v) is 8.44. The highest BCUT2D eigenvalue weighted by atomic mass is 19.2. The van der Waals surface area contributed by atoms with Gasteiger partial charge in [-0.2, -0.15) is 0 Å². The number of halogens is 2. The molecule has 2 aromatic rings. The molecule has 4 heteroatoms. The van der Waals surface area contributed by atoms with Crippen molar-refractivity contribution in [3.8, 4) is 0 Å². The highest BCUT2D eigenvalue weighted by Crippen LogP contribution is 2.21. The third kappa shape index (κ3) is 1.19. The van der Waals surface area contributed by atoms with Gasteiger partial charge in [-0.15, -0.1) is 0 Å². The van der Waals surface area contributed by atoms with E-state index in [9.17, 15) is 13.6 Å². The smallest absolute Gasteiger partial charge is 0.192 e. The summed E-state index contributed by atoms with van der Waals surface area (Å²) in [6.45, 7) is 0. The predicted octanol–water partition coefficient (Wildman–Crippen LogP) is 2.29. The Hall–Kier alpha value is -1.71. The van der Waals surface area contributed by atoms with Gasteiger partial charge in [-0.1, -0.05) is 0 Å². The number of benzene rings is 1. The van der Waals surface area contributed by atoms with Crippen LogP contribution in [0.15, 0.2) is 16.9 Å². The summed E-state index contributed by atoms with van der Waals surface area (Å²) in [5, 5.41) is 0.236. The number of rotatable bonds is 0. The van der Waals surface area contributed by atoms with Crippen molar-refractivity contribution in [3.05, 3.63) is 45.2 Å². The van der Waals surface area contributed by atoms with Crippen LogP contribution < -0.4 is 5.43 Å². The highest BCUT2D eigenvalue weighted by Gasteiger charge is 2.18. The van der Waals surface area contributed by atoms with Gasteiger partial charge in [0.15, 0.2) is 17.1 Å². The lowest BCUT2D eigenvalue weighted by Gasteiger charge is -2.04. The van der Waals surface area contributed by atoms with E-state index in [1.807, 2.05) is 0 Å². The van der Waals surface area contributed by atoms with Crippen molar-refractivity contribution < 1.29 is 8.78 Å². The summed E-state index contributed by atoms with van der Waals surface area (Å²) in [4.78, 5) is 15.0. The maximum absolute atomic E-state index is 13.1. The summed E-state index contributed by atoms with van der Waals surface area (Å²) in [6, 6.07) is 2.02. The standard InChI is InChI=1S/C12H9F2NO/c13-8-4-7-11(5-9(8)14)15-10-3-1-2-6(10)12(7)16/h4-5H,1-3H2,(H,15,16). The van der Waals surface area contributed by atoms with Gasteiger partial charge in [-0.05, 0) is 25.3 Å². The van der Waals surface area contributed by atoms with Crippen molar-refractivity contribution in [3.63, 3.8) is 0 Å². The number of nitrogens with one attached hydrogen (secondary N) is 1. The van der Waals surface area contributed by atoms with Gasteiger partial charge >= 0.3 is 0 Å². The summed E-state index contributed by atoms with van der Waals surface area (Å²) in [5.41, 5.74) is 1.80. The number of aromatic amines is 1. The first-order valence-electron chi connectivity index (χ1n) is 5.19. The molecule has 0 aliphatic heterocycles. The number of pyridine rings is 1. The monoisotopic (exact) mass is 221 g/mol. The van der Waals surface area contributed by atoms with Crippen LogP contribution >= 0.6 is 0 Å². The average Bonchev–Trinajstić information content (AvgIpc) is 2.70. The number of aryl methyl sites for hydroxylation is 1. The predicted molar refractivity (Wildman–Crippen MR) is 56.5 cm³/mol. The molecule has 82 valence electrons. The van der Waals surface area contributed by atoms with Crippen molar-refractivity contribution in [2.45, 2.75) is 19.3 Å². The zero-order valence-electron chi connectivity index (χ0n) is 8.44. The van der Waals surface area contributed by atoms with E-state index in [4.69, 9.17) is 0 Å². The molecule has 3 rings (SSSR count). The van der Waals surface area contributed by atoms with Crippen LogP contribution in [0.5, 0.6) is 0 Å². The van der Waals surface area contributed by atoms with Gasteiger partial charge in [-0.25, -0.2) is 8.78 Å². The Morgan fingerprint density at radius 2 is 1.88 bits per heavy atom. The van der Waals surface area contributed by atoms with E-state index >= 15 is 0 Å². The van der Waals surface area contributed by atoms with E-state index in [0.29, 0.717) is 5.52 Å². The fourth-order valence-corrected chi connectivity index (χ4v) is 2.30. The van der Waals surface area contributed by atoms with E-state index < -0.39 is 11.6 Å². The average molecular weight is 221 g/mol. The maximum atomic E-state index is 13.1. The quantitative estimate of drug-likeness (QED) is 0.727. The molecule has 0 spiro atoms. The molecule has 1 aliphatic carbocycles. The first-order valence-corrected chi connectivity index (χ1v) is 5.19. The molecule has 1 aromatic carbocycles. The number of aromatic nitrogens is 1. The number of hydrogen-bond acceptors (Lipinski definition) is 1. The van der Waals surface area contributed by atoms with Gasteiger partial charge in [-0.3, -0.25) is 4.79 Å². The molecule has 0 atom stereocenters. The molecule has 0 amide bonds. The lowest BCUT2D eigenvalue weighted by molar-refractivity contribution is 0.510. The van der Waals surface area contributed by atoms with Crippen LogP contribution in [-0.4, -0.2) is 4.98 Å². The fourth-order valence-electron chi connectivity index (χ4n) is 2.30. The van der Waals surface area contributed by atoms with Gasteiger partial charge < -0.3 is 4.98 Å². The topological polar surface area (TPSA) is 32.9 Å². The van der Waals surface area contributed by atoms with E-state index in [1.165, 1.54) is 0 Å². The molecule has 0 radical (unpaired) electrons. The molecule has 0 fully saturated rings. The fraction of sp³-hybridized carbons (Fsp3) is 0.250.